The van der Waals surface area contributed by atoms with Gasteiger partial charge in [0.05, 0.1) is 0 Å². The smallest absolute Gasteiger partial charge is 0.532 e. The largest absolute Gasteiger partial charge is 0.563 e. The molecule has 9 aromatic rings. The molecule has 286 valence electrons. The van der Waals surface area contributed by atoms with Crippen molar-refractivity contribution in [2.24, 2.45) is 0 Å². The standard InChI is InChI=1S/C52H38B2O4P2/c1-5-19-39(20-6-1)53-55-47-35-29-37-17-13-15-27-45(37)49(47)51(57-53)59(41-23-9-3-10-24-41)43-31-33-44(34-32-43)60(42-25-11-4-12-26-42)52-50-46-28-16-14-18-38(46)30-36-48(50)56-54(58-52)40-21-7-2-8-22-40/h1-36,51-52H/t51-,52+,59?,60?. The average molecular weight is 810 g/mol. The van der Waals surface area contributed by atoms with E-state index in [0.717, 1.165) is 55.1 Å². The Morgan fingerprint density at radius 2 is 0.650 bits per heavy atom. The molecular weight excluding hydrogens is 772 g/mol. The van der Waals surface area contributed by atoms with Gasteiger partial charge in [-0.3, -0.25) is 0 Å². The van der Waals surface area contributed by atoms with Gasteiger partial charge < -0.3 is 18.6 Å². The molecule has 8 heteroatoms. The summed E-state index contributed by atoms with van der Waals surface area (Å²) in [6, 6.07) is 77.4. The van der Waals surface area contributed by atoms with Gasteiger partial charge in [0, 0.05) is 11.1 Å². The Bertz CT molecular complexity index is 2720. The molecule has 4 atom stereocenters. The van der Waals surface area contributed by atoms with Gasteiger partial charge in [-0.05, 0) is 81.7 Å². The van der Waals surface area contributed by atoms with Crippen molar-refractivity contribution in [1.29, 1.82) is 0 Å². The van der Waals surface area contributed by atoms with Crippen molar-refractivity contribution in [1.82, 2.24) is 0 Å². The van der Waals surface area contributed by atoms with E-state index in [-0.39, 0.29) is 11.7 Å². The normalized spacial score (nSPS) is 16.9. The van der Waals surface area contributed by atoms with Crippen molar-refractivity contribution in [3.05, 3.63) is 230 Å². The fourth-order valence-corrected chi connectivity index (χ4v) is 13.7. The Kier molecular flexibility index (Phi) is 10.0. The van der Waals surface area contributed by atoms with Gasteiger partial charge in [0.2, 0.25) is 0 Å². The number of rotatable bonds is 8. The maximum absolute atomic E-state index is 7.23. The molecule has 0 fully saturated rings. The van der Waals surface area contributed by atoms with Gasteiger partial charge in [-0.25, -0.2) is 0 Å². The van der Waals surface area contributed by atoms with E-state index in [1.54, 1.807) is 0 Å². The molecule has 0 bridgehead atoms. The van der Waals surface area contributed by atoms with Crippen LogP contribution in [-0.2, 0) is 9.31 Å². The first kappa shape index (κ1) is 37.0. The minimum atomic E-state index is -1.10. The van der Waals surface area contributed by atoms with Crippen LogP contribution in [0.5, 0.6) is 11.5 Å². The molecule has 0 aromatic heterocycles. The minimum absolute atomic E-state index is 0.285. The third-order valence-corrected chi connectivity index (χ3v) is 16.5. The highest BCUT2D eigenvalue weighted by atomic mass is 31.1. The Morgan fingerprint density at radius 3 is 1.05 bits per heavy atom. The number of benzene rings is 9. The van der Waals surface area contributed by atoms with Gasteiger partial charge in [-0.15, -0.1) is 0 Å². The molecule has 2 aliphatic heterocycles. The van der Waals surface area contributed by atoms with Gasteiger partial charge in [0.1, 0.15) is 23.2 Å². The van der Waals surface area contributed by atoms with E-state index in [9.17, 15) is 0 Å². The zero-order chi connectivity index (χ0) is 39.8. The lowest BCUT2D eigenvalue weighted by Crippen LogP contribution is -2.44. The van der Waals surface area contributed by atoms with Crippen molar-refractivity contribution in [3.8, 4) is 11.5 Å². The summed E-state index contributed by atoms with van der Waals surface area (Å²) in [5, 5.41) is 9.55. The lowest BCUT2D eigenvalue weighted by molar-refractivity contribution is 0.227. The molecule has 0 amide bonds. The Morgan fingerprint density at radius 1 is 0.317 bits per heavy atom. The highest BCUT2D eigenvalue weighted by Gasteiger charge is 2.43. The van der Waals surface area contributed by atoms with Crippen LogP contribution in [0.4, 0.5) is 0 Å². The second-order valence-corrected chi connectivity index (χ2v) is 19.5. The Balaban J connectivity index is 1.06. The number of hydrogen-bond acceptors (Lipinski definition) is 4. The van der Waals surface area contributed by atoms with Crippen LogP contribution in [0.15, 0.2) is 218 Å². The first-order valence-electron chi connectivity index (χ1n) is 20.3. The Hall–Kier alpha value is -5.99. The van der Waals surface area contributed by atoms with Gasteiger partial charge in [-0.2, -0.15) is 0 Å². The van der Waals surface area contributed by atoms with Crippen molar-refractivity contribution >= 4 is 83.8 Å². The van der Waals surface area contributed by atoms with Gasteiger partial charge in [-0.1, -0.05) is 206 Å². The molecule has 4 nitrogen and oxygen atoms in total. The molecule has 0 spiro atoms. The molecule has 9 aromatic carbocycles. The maximum atomic E-state index is 7.23. The first-order chi connectivity index (χ1) is 29.8. The summed E-state index contributed by atoms with van der Waals surface area (Å²) in [6.07, 6.45) is 0. The number of fused-ring (bicyclic) bond motifs is 6. The average Bonchev–Trinajstić information content (AvgIpc) is 3.33. The van der Waals surface area contributed by atoms with Crippen molar-refractivity contribution in [2.45, 2.75) is 11.7 Å². The van der Waals surface area contributed by atoms with E-state index in [1.807, 2.05) is 36.4 Å². The zero-order valence-electron chi connectivity index (χ0n) is 32.6. The molecule has 0 N–H and O–H groups in total. The maximum Gasteiger partial charge on any atom is 0.563 e. The first-order valence-corrected chi connectivity index (χ1v) is 23.1. The fraction of sp³-hybridized carbons (Fsp3) is 0.0385. The number of hydrogen-bond donors (Lipinski definition) is 0. The van der Waals surface area contributed by atoms with Crippen molar-refractivity contribution in [2.75, 3.05) is 0 Å². The van der Waals surface area contributed by atoms with E-state index >= 15 is 0 Å². The summed E-state index contributed by atoms with van der Waals surface area (Å²) >= 11 is 0. The minimum Gasteiger partial charge on any atom is -0.532 e. The monoisotopic (exact) mass is 810 g/mol. The lowest BCUT2D eigenvalue weighted by Gasteiger charge is -2.38. The van der Waals surface area contributed by atoms with Crippen LogP contribution in [0, 0.1) is 0 Å². The Labute approximate surface area is 353 Å². The van der Waals surface area contributed by atoms with E-state index in [0.29, 0.717) is 0 Å². The van der Waals surface area contributed by atoms with E-state index in [4.69, 9.17) is 18.6 Å². The zero-order valence-corrected chi connectivity index (χ0v) is 34.4. The fourth-order valence-electron chi connectivity index (χ4n) is 8.61. The molecule has 2 unspecified atom stereocenters. The van der Waals surface area contributed by atoms with E-state index in [1.165, 1.54) is 21.2 Å². The van der Waals surface area contributed by atoms with Crippen LogP contribution >= 0.6 is 15.8 Å². The van der Waals surface area contributed by atoms with Crippen LogP contribution in [-0.4, -0.2) is 14.2 Å². The van der Waals surface area contributed by atoms with E-state index < -0.39 is 30.1 Å². The molecule has 0 saturated heterocycles. The second kappa shape index (κ2) is 16.2. The molecule has 2 aliphatic rings. The van der Waals surface area contributed by atoms with Crippen molar-refractivity contribution in [3.63, 3.8) is 0 Å². The van der Waals surface area contributed by atoms with Gasteiger partial charge in [0.15, 0.2) is 0 Å². The summed E-state index contributed by atoms with van der Waals surface area (Å²) in [5.74, 6) is 1.16. The van der Waals surface area contributed by atoms with Crippen molar-refractivity contribution < 1.29 is 18.6 Å². The predicted octanol–water partition coefficient (Wildman–Crippen LogP) is 9.86. The van der Waals surface area contributed by atoms with Crippen LogP contribution in [0.2, 0.25) is 0 Å². The van der Waals surface area contributed by atoms with E-state index in [2.05, 4.69) is 182 Å². The van der Waals surface area contributed by atoms with Gasteiger partial charge >= 0.3 is 14.2 Å². The highest BCUT2D eigenvalue weighted by Crippen LogP contribution is 2.58. The summed E-state index contributed by atoms with van der Waals surface area (Å²) in [6.45, 7) is 0. The predicted molar refractivity (Wildman–Crippen MR) is 252 cm³/mol. The molecule has 11 rings (SSSR count). The lowest BCUT2D eigenvalue weighted by atomic mass is 9.77. The topological polar surface area (TPSA) is 36.9 Å². The summed E-state index contributed by atoms with van der Waals surface area (Å²) in [7, 11) is -3.30. The van der Waals surface area contributed by atoms with Gasteiger partial charge in [0.25, 0.3) is 0 Å². The van der Waals surface area contributed by atoms with Crippen LogP contribution in [0.25, 0.3) is 21.5 Å². The summed E-state index contributed by atoms with van der Waals surface area (Å²) < 4.78 is 27.9. The van der Waals surface area contributed by atoms with Crippen LogP contribution in [0.1, 0.15) is 22.8 Å². The molecule has 0 saturated carbocycles. The second-order valence-electron chi connectivity index (χ2n) is 15.0. The molecular formula is C52H38B2O4P2. The highest BCUT2D eigenvalue weighted by molar-refractivity contribution is 7.74. The molecule has 0 radical (unpaired) electrons. The molecule has 0 aliphatic carbocycles. The SMILES string of the molecule is c1ccc(B2Oc3ccc4ccccc4c3[C@H](P(c3ccccc3)c3ccc(P(c4ccccc4)[C@H]4OB(c5ccccc5)Oc5ccc6ccccc6c54)cc3)O2)cc1. The third-order valence-electron chi connectivity index (χ3n) is 11.4. The molecule has 60 heavy (non-hydrogen) atoms. The summed E-state index contributed by atoms with van der Waals surface area (Å²) in [5.41, 5.74) is 4.17. The third kappa shape index (κ3) is 6.90. The molecule has 2 heterocycles. The summed E-state index contributed by atoms with van der Waals surface area (Å²) in [4.78, 5) is 0. The van der Waals surface area contributed by atoms with Crippen LogP contribution < -0.4 is 41.5 Å². The quantitative estimate of drug-likeness (QED) is 0.113. The van der Waals surface area contributed by atoms with Crippen LogP contribution in [0.3, 0.4) is 0 Å².